The molecule has 0 radical (unpaired) electrons. The fourth-order valence-electron chi connectivity index (χ4n) is 2.20. The largest absolute Gasteiger partial charge is 0.392 e. The van der Waals surface area contributed by atoms with Crippen LogP contribution in [0.2, 0.25) is 0 Å². The summed E-state index contributed by atoms with van der Waals surface area (Å²) in [6.07, 6.45) is 1.62. The number of thioether (sulfide) groups is 1. The van der Waals surface area contributed by atoms with Crippen molar-refractivity contribution in [3.05, 3.63) is 24.3 Å². The first kappa shape index (κ1) is 14.3. The van der Waals surface area contributed by atoms with Gasteiger partial charge in [0.25, 0.3) is 5.76 Å². The van der Waals surface area contributed by atoms with Crippen LogP contribution in [-0.2, 0) is 4.79 Å². The molecule has 0 spiro atoms. The molecule has 2 atom stereocenters. The van der Waals surface area contributed by atoms with Gasteiger partial charge in [-0.2, -0.15) is 8.78 Å². The van der Waals surface area contributed by atoms with Gasteiger partial charge in [0.1, 0.15) is 0 Å². The van der Waals surface area contributed by atoms with Gasteiger partial charge in [-0.25, -0.2) is 0 Å². The summed E-state index contributed by atoms with van der Waals surface area (Å²) < 4.78 is 24.3. The van der Waals surface area contributed by atoms with E-state index in [9.17, 15) is 18.7 Å². The average molecular weight is 287 g/mol. The van der Waals surface area contributed by atoms with Crippen LogP contribution >= 0.6 is 11.8 Å². The number of rotatable bonds is 4. The van der Waals surface area contributed by atoms with Gasteiger partial charge in [-0.1, -0.05) is 11.8 Å². The Morgan fingerprint density at radius 3 is 2.53 bits per heavy atom. The molecule has 2 N–H and O–H groups in total. The van der Waals surface area contributed by atoms with Crippen molar-refractivity contribution in [3.8, 4) is 0 Å². The molecule has 1 aromatic rings. The van der Waals surface area contributed by atoms with Crippen LogP contribution in [0.5, 0.6) is 0 Å². The van der Waals surface area contributed by atoms with Crippen LogP contribution in [0.1, 0.15) is 19.3 Å². The summed E-state index contributed by atoms with van der Waals surface area (Å²) >= 11 is 0.466. The summed E-state index contributed by atoms with van der Waals surface area (Å²) in [7, 11) is 0. The van der Waals surface area contributed by atoms with Gasteiger partial charge in [-0.3, -0.25) is 4.79 Å². The highest BCUT2D eigenvalue weighted by atomic mass is 32.2. The summed E-state index contributed by atoms with van der Waals surface area (Å²) in [5.41, 5.74) is 0.558. The third-order valence-corrected chi connectivity index (χ3v) is 3.89. The lowest BCUT2D eigenvalue weighted by molar-refractivity contribution is -0.122. The average Bonchev–Trinajstić information content (AvgIpc) is 2.77. The Bertz CT molecular complexity index is 439. The molecule has 0 saturated heterocycles. The molecular weight excluding hydrogens is 272 g/mol. The van der Waals surface area contributed by atoms with Crippen molar-refractivity contribution in [2.75, 3.05) is 5.32 Å². The van der Waals surface area contributed by atoms with Crippen molar-refractivity contribution in [3.63, 3.8) is 0 Å². The molecule has 104 valence electrons. The number of benzene rings is 1. The maximum Gasteiger partial charge on any atom is 0.288 e. The van der Waals surface area contributed by atoms with E-state index in [1.165, 1.54) is 12.1 Å². The third-order valence-electron chi connectivity index (χ3n) is 3.16. The van der Waals surface area contributed by atoms with Crippen molar-refractivity contribution < 1.29 is 18.7 Å². The zero-order valence-electron chi connectivity index (χ0n) is 10.2. The Kier molecular flexibility index (Phi) is 4.76. The van der Waals surface area contributed by atoms with E-state index in [2.05, 4.69) is 5.32 Å². The van der Waals surface area contributed by atoms with Gasteiger partial charge in [0.2, 0.25) is 5.91 Å². The van der Waals surface area contributed by atoms with Gasteiger partial charge in [0.05, 0.1) is 12.0 Å². The highest BCUT2D eigenvalue weighted by Crippen LogP contribution is 2.28. The van der Waals surface area contributed by atoms with Crippen LogP contribution in [0.25, 0.3) is 0 Å². The summed E-state index contributed by atoms with van der Waals surface area (Å²) in [6.45, 7) is 0. The van der Waals surface area contributed by atoms with E-state index >= 15 is 0 Å². The van der Waals surface area contributed by atoms with Gasteiger partial charge >= 0.3 is 0 Å². The number of halogens is 2. The smallest absolute Gasteiger partial charge is 0.288 e. The molecule has 3 nitrogen and oxygen atoms in total. The Labute approximate surface area is 114 Å². The summed E-state index contributed by atoms with van der Waals surface area (Å²) in [5, 5.41) is 12.3. The second-order valence-corrected chi connectivity index (χ2v) is 5.56. The van der Waals surface area contributed by atoms with Gasteiger partial charge in [-0.05, 0) is 43.5 Å². The van der Waals surface area contributed by atoms with Gasteiger partial charge in [0.15, 0.2) is 0 Å². The number of hydrogen-bond donors (Lipinski definition) is 2. The minimum atomic E-state index is -2.45. The Hall–Kier alpha value is -1.14. The molecule has 1 fully saturated rings. The highest BCUT2D eigenvalue weighted by Gasteiger charge is 2.31. The van der Waals surface area contributed by atoms with Crippen molar-refractivity contribution in [1.82, 2.24) is 0 Å². The minimum Gasteiger partial charge on any atom is -0.392 e. The predicted molar refractivity (Wildman–Crippen MR) is 70.3 cm³/mol. The van der Waals surface area contributed by atoms with E-state index < -0.39 is 11.9 Å². The standard InChI is InChI=1S/C13H15F2NO2S/c14-13(15)19-9-6-4-8(5-7-9)16-12(18)10-2-1-3-11(10)17/h4-7,10-11,13,17H,1-3H2,(H,16,18). The van der Waals surface area contributed by atoms with E-state index in [1.807, 2.05) is 0 Å². The van der Waals surface area contributed by atoms with Crippen LogP contribution in [-0.4, -0.2) is 22.9 Å². The lowest BCUT2D eigenvalue weighted by Gasteiger charge is -2.14. The molecule has 0 heterocycles. The summed E-state index contributed by atoms with van der Waals surface area (Å²) in [5.74, 6) is -3.02. The molecule has 0 aromatic heterocycles. The molecule has 1 amide bonds. The second-order valence-electron chi connectivity index (χ2n) is 4.50. The first-order valence-electron chi connectivity index (χ1n) is 6.10. The molecule has 19 heavy (non-hydrogen) atoms. The van der Waals surface area contributed by atoms with E-state index in [1.54, 1.807) is 12.1 Å². The number of aliphatic hydroxyl groups excluding tert-OH is 1. The van der Waals surface area contributed by atoms with Gasteiger partial charge < -0.3 is 10.4 Å². The highest BCUT2D eigenvalue weighted by molar-refractivity contribution is 7.99. The lowest BCUT2D eigenvalue weighted by atomic mass is 10.1. The fourth-order valence-corrected chi connectivity index (χ4v) is 2.70. The van der Waals surface area contributed by atoms with E-state index in [-0.39, 0.29) is 11.8 Å². The first-order valence-corrected chi connectivity index (χ1v) is 6.98. The maximum absolute atomic E-state index is 12.1. The van der Waals surface area contributed by atoms with Crippen molar-refractivity contribution in [2.24, 2.45) is 5.92 Å². The van der Waals surface area contributed by atoms with E-state index in [4.69, 9.17) is 0 Å². The fraction of sp³-hybridized carbons (Fsp3) is 0.462. The van der Waals surface area contributed by atoms with E-state index in [0.29, 0.717) is 35.2 Å². The summed E-state index contributed by atoms with van der Waals surface area (Å²) in [6, 6.07) is 6.25. The van der Waals surface area contributed by atoms with E-state index in [0.717, 1.165) is 6.42 Å². The van der Waals surface area contributed by atoms with Gasteiger partial charge in [-0.15, -0.1) is 0 Å². The molecule has 1 aliphatic carbocycles. The number of amides is 1. The van der Waals surface area contributed by atoms with Crippen LogP contribution in [0, 0.1) is 5.92 Å². The van der Waals surface area contributed by atoms with Crippen molar-refractivity contribution >= 4 is 23.4 Å². The molecule has 0 aliphatic heterocycles. The Morgan fingerprint density at radius 1 is 1.32 bits per heavy atom. The molecule has 6 heteroatoms. The van der Waals surface area contributed by atoms with Crippen LogP contribution < -0.4 is 5.32 Å². The maximum atomic E-state index is 12.1. The SMILES string of the molecule is O=C(Nc1ccc(SC(F)F)cc1)C1CCCC1O. The number of carbonyl (C=O) groups excluding carboxylic acids is 1. The number of hydrogen-bond acceptors (Lipinski definition) is 3. The Morgan fingerprint density at radius 2 is 2.00 bits per heavy atom. The number of aliphatic hydroxyl groups is 1. The topological polar surface area (TPSA) is 49.3 Å². The number of anilines is 1. The molecule has 0 bridgehead atoms. The summed E-state index contributed by atoms with van der Waals surface area (Å²) in [4.78, 5) is 12.3. The molecule has 1 saturated carbocycles. The number of carbonyl (C=O) groups is 1. The quantitative estimate of drug-likeness (QED) is 0.837. The van der Waals surface area contributed by atoms with Crippen molar-refractivity contribution in [1.29, 1.82) is 0 Å². The van der Waals surface area contributed by atoms with Crippen molar-refractivity contribution in [2.45, 2.75) is 36.0 Å². The zero-order chi connectivity index (χ0) is 13.8. The Balaban J connectivity index is 1.93. The lowest BCUT2D eigenvalue weighted by Crippen LogP contribution is -2.28. The van der Waals surface area contributed by atoms with Gasteiger partial charge in [0, 0.05) is 10.6 Å². The number of alkyl halides is 2. The molecule has 1 aromatic carbocycles. The third kappa shape index (κ3) is 3.91. The number of nitrogens with one attached hydrogen (secondary N) is 1. The van der Waals surface area contributed by atoms with Crippen LogP contribution in [0.15, 0.2) is 29.2 Å². The second kappa shape index (κ2) is 6.34. The zero-order valence-corrected chi connectivity index (χ0v) is 11.0. The molecule has 1 aliphatic rings. The van der Waals surface area contributed by atoms with Crippen LogP contribution in [0.3, 0.4) is 0 Å². The molecule has 2 unspecified atom stereocenters. The minimum absolute atomic E-state index is 0.209. The molecule has 2 rings (SSSR count). The predicted octanol–water partition coefficient (Wildman–Crippen LogP) is 3.10. The first-order chi connectivity index (χ1) is 9.06. The monoisotopic (exact) mass is 287 g/mol. The molecular formula is C13H15F2NO2S. The van der Waals surface area contributed by atoms with Crippen LogP contribution in [0.4, 0.5) is 14.5 Å². The normalized spacial score (nSPS) is 22.7.